The van der Waals surface area contributed by atoms with Crippen molar-refractivity contribution in [3.05, 3.63) is 95.1 Å². The largest absolute Gasteiger partial charge is 0.487 e. The van der Waals surface area contributed by atoms with Gasteiger partial charge in [-0.2, -0.15) is 5.10 Å². The van der Waals surface area contributed by atoms with Gasteiger partial charge in [0.15, 0.2) is 0 Å². The van der Waals surface area contributed by atoms with E-state index in [1.165, 1.54) is 5.56 Å². The van der Waals surface area contributed by atoms with E-state index < -0.39 is 0 Å². The molecule has 0 atom stereocenters. The molecule has 4 nitrogen and oxygen atoms in total. The average Bonchev–Trinajstić information content (AvgIpc) is 2.74. The molecular formula is C26H25ClI2N2O2. The lowest BCUT2D eigenvalue weighted by atomic mass is 9.86. The van der Waals surface area contributed by atoms with Gasteiger partial charge < -0.3 is 4.74 Å². The topological polar surface area (TPSA) is 50.7 Å². The van der Waals surface area contributed by atoms with Gasteiger partial charge in [0.2, 0.25) is 5.91 Å². The molecule has 0 aromatic heterocycles. The van der Waals surface area contributed by atoms with Crippen LogP contribution in [-0.4, -0.2) is 12.1 Å². The Hall–Kier alpha value is -1.65. The molecule has 0 heterocycles. The molecule has 0 fully saturated rings. The summed E-state index contributed by atoms with van der Waals surface area (Å²) < 4.78 is 7.93. The van der Waals surface area contributed by atoms with Crippen LogP contribution in [-0.2, 0) is 23.2 Å². The monoisotopic (exact) mass is 686 g/mol. The highest BCUT2D eigenvalue weighted by atomic mass is 127. The van der Waals surface area contributed by atoms with Gasteiger partial charge in [-0.1, -0.05) is 74.8 Å². The molecule has 33 heavy (non-hydrogen) atoms. The van der Waals surface area contributed by atoms with Crippen molar-refractivity contribution >= 4 is 68.9 Å². The SMILES string of the molecule is CC(C)(C)c1ccc(CC(=O)N/N=C\c2cc(I)c(OCc3ccccc3Cl)c(I)c2)cc1. The summed E-state index contributed by atoms with van der Waals surface area (Å²) in [6, 6.07) is 19.7. The van der Waals surface area contributed by atoms with E-state index >= 15 is 0 Å². The quantitative estimate of drug-likeness (QED) is 0.164. The fraction of sp³-hybridized carbons (Fsp3) is 0.231. The van der Waals surface area contributed by atoms with Crippen molar-refractivity contribution in [2.24, 2.45) is 5.10 Å². The molecule has 7 heteroatoms. The molecule has 3 rings (SSSR count). The number of carbonyl (C=O) groups is 1. The maximum atomic E-state index is 12.3. The van der Waals surface area contributed by atoms with Gasteiger partial charge in [0, 0.05) is 10.6 Å². The van der Waals surface area contributed by atoms with Crippen molar-refractivity contribution < 1.29 is 9.53 Å². The van der Waals surface area contributed by atoms with Crippen LogP contribution in [0.2, 0.25) is 5.02 Å². The first kappa shape index (κ1) is 26.0. The lowest BCUT2D eigenvalue weighted by Crippen LogP contribution is -2.20. The zero-order chi connectivity index (χ0) is 24.0. The zero-order valence-corrected chi connectivity index (χ0v) is 23.7. The molecule has 172 valence electrons. The highest BCUT2D eigenvalue weighted by Crippen LogP contribution is 2.30. The summed E-state index contributed by atoms with van der Waals surface area (Å²) in [4.78, 5) is 12.3. The Bertz CT molecular complexity index is 1130. The second-order valence-electron chi connectivity index (χ2n) is 8.61. The van der Waals surface area contributed by atoms with Gasteiger partial charge in [0.05, 0.1) is 19.8 Å². The van der Waals surface area contributed by atoms with Crippen LogP contribution in [0.25, 0.3) is 0 Å². The van der Waals surface area contributed by atoms with E-state index in [9.17, 15) is 4.79 Å². The standard InChI is InChI=1S/C26H25ClI2N2O2/c1-26(2,3)20-10-8-17(9-11-20)14-24(32)31-30-15-18-12-22(28)25(23(29)13-18)33-16-19-6-4-5-7-21(19)27/h4-13,15H,14,16H2,1-3H3,(H,31,32)/b30-15-. The second-order valence-corrected chi connectivity index (χ2v) is 11.3. The summed E-state index contributed by atoms with van der Waals surface area (Å²) in [5.41, 5.74) is 6.72. The first-order chi connectivity index (χ1) is 15.6. The van der Waals surface area contributed by atoms with Gasteiger partial charge >= 0.3 is 0 Å². The lowest BCUT2D eigenvalue weighted by Gasteiger charge is -2.19. The number of hydrogen-bond donors (Lipinski definition) is 1. The van der Waals surface area contributed by atoms with Crippen LogP contribution in [0.3, 0.4) is 0 Å². The summed E-state index contributed by atoms with van der Waals surface area (Å²) in [5.74, 6) is 0.648. The fourth-order valence-electron chi connectivity index (χ4n) is 3.08. The Labute approximate surface area is 227 Å². The number of amides is 1. The number of halogens is 3. The zero-order valence-electron chi connectivity index (χ0n) is 18.7. The number of benzene rings is 3. The number of ether oxygens (including phenoxy) is 1. The van der Waals surface area contributed by atoms with Gasteiger partial charge in [0.1, 0.15) is 12.4 Å². The van der Waals surface area contributed by atoms with Crippen LogP contribution in [0, 0.1) is 7.14 Å². The molecular weight excluding hydrogens is 662 g/mol. The van der Waals surface area contributed by atoms with E-state index in [0.717, 1.165) is 29.6 Å². The van der Waals surface area contributed by atoms with Crippen molar-refractivity contribution in [1.29, 1.82) is 0 Å². The van der Waals surface area contributed by atoms with Crippen molar-refractivity contribution in [3.8, 4) is 5.75 Å². The molecule has 0 aliphatic carbocycles. The van der Waals surface area contributed by atoms with Crippen LogP contribution < -0.4 is 10.2 Å². The maximum absolute atomic E-state index is 12.3. The van der Waals surface area contributed by atoms with Crippen molar-refractivity contribution in [2.45, 2.75) is 39.2 Å². The third-order valence-electron chi connectivity index (χ3n) is 4.94. The van der Waals surface area contributed by atoms with E-state index in [-0.39, 0.29) is 17.7 Å². The van der Waals surface area contributed by atoms with Crippen molar-refractivity contribution in [3.63, 3.8) is 0 Å². The fourth-order valence-corrected chi connectivity index (χ4v) is 5.40. The Morgan fingerprint density at radius 1 is 1.06 bits per heavy atom. The Morgan fingerprint density at radius 2 is 1.70 bits per heavy atom. The van der Waals surface area contributed by atoms with Crippen LogP contribution in [0.4, 0.5) is 0 Å². The number of rotatable bonds is 7. The Kier molecular flexibility index (Phi) is 9.17. The van der Waals surface area contributed by atoms with Gasteiger partial charge in [-0.05, 0) is 85.5 Å². The summed E-state index contributed by atoms with van der Waals surface area (Å²) in [6.45, 7) is 6.90. The number of hydrogen-bond acceptors (Lipinski definition) is 3. The summed E-state index contributed by atoms with van der Waals surface area (Å²) in [7, 11) is 0. The normalized spacial score (nSPS) is 11.6. The number of carbonyl (C=O) groups excluding carboxylic acids is 1. The minimum absolute atomic E-state index is 0.0926. The molecule has 0 aliphatic heterocycles. The van der Waals surface area contributed by atoms with Crippen molar-refractivity contribution in [2.75, 3.05) is 0 Å². The molecule has 0 saturated carbocycles. The third kappa shape index (κ3) is 7.68. The van der Waals surface area contributed by atoms with Gasteiger partial charge in [-0.3, -0.25) is 4.79 Å². The Balaban J connectivity index is 1.57. The maximum Gasteiger partial charge on any atom is 0.244 e. The molecule has 3 aromatic rings. The van der Waals surface area contributed by atoms with Gasteiger partial charge in [-0.25, -0.2) is 5.43 Å². The molecule has 0 spiro atoms. The minimum atomic E-state index is -0.154. The molecule has 0 radical (unpaired) electrons. The molecule has 0 saturated heterocycles. The van der Waals surface area contributed by atoms with Crippen molar-refractivity contribution in [1.82, 2.24) is 5.43 Å². The van der Waals surface area contributed by atoms with Crippen LogP contribution in [0.5, 0.6) is 5.75 Å². The molecule has 1 amide bonds. The number of nitrogens with one attached hydrogen (secondary N) is 1. The molecule has 0 bridgehead atoms. The first-order valence-electron chi connectivity index (χ1n) is 10.4. The second kappa shape index (κ2) is 11.7. The molecule has 1 N–H and O–H groups in total. The van der Waals surface area contributed by atoms with Crippen LogP contribution >= 0.6 is 56.8 Å². The van der Waals surface area contributed by atoms with E-state index in [4.69, 9.17) is 16.3 Å². The predicted octanol–water partition coefficient (Wildman–Crippen LogP) is 7.12. The summed E-state index contributed by atoms with van der Waals surface area (Å²) in [6.07, 6.45) is 1.93. The highest BCUT2D eigenvalue weighted by Gasteiger charge is 2.13. The van der Waals surface area contributed by atoms with Gasteiger partial charge in [0.25, 0.3) is 0 Å². The molecule has 0 aliphatic rings. The Morgan fingerprint density at radius 3 is 2.30 bits per heavy atom. The van der Waals surface area contributed by atoms with E-state index in [1.54, 1.807) is 6.21 Å². The minimum Gasteiger partial charge on any atom is -0.487 e. The van der Waals surface area contributed by atoms with E-state index in [2.05, 4.69) is 88.6 Å². The van der Waals surface area contributed by atoms with Crippen LogP contribution in [0.15, 0.2) is 65.8 Å². The van der Waals surface area contributed by atoms with E-state index in [0.29, 0.717) is 11.6 Å². The average molecular weight is 687 g/mol. The molecule has 0 unspecified atom stereocenters. The molecule has 3 aromatic carbocycles. The first-order valence-corrected chi connectivity index (χ1v) is 12.9. The smallest absolute Gasteiger partial charge is 0.244 e. The number of hydrazone groups is 1. The van der Waals surface area contributed by atoms with Crippen LogP contribution in [0.1, 0.15) is 43.0 Å². The predicted molar refractivity (Wildman–Crippen MR) is 152 cm³/mol. The summed E-state index contributed by atoms with van der Waals surface area (Å²) >= 11 is 10.7. The van der Waals surface area contributed by atoms with Gasteiger partial charge in [-0.15, -0.1) is 0 Å². The highest BCUT2D eigenvalue weighted by molar-refractivity contribution is 14.1. The third-order valence-corrected chi connectivity index (χ3v) is 6.91. The summed E-state index contributed by atoms with van der Waals surface area (Å²) in [5, 5.41) is 4.81. The van der Waals surface area contributed by atoms with E-state index in [1.807, 2.05) is 48.5 Å². The number of nitrogens with zero attached hydrogens (tertiary/aromatic N) is 1. The lowest BCUT2D eigenvalue weighted by molar-refractivity contribution is -0.120.